The number of nitrogens with one attached hydrogen (secondary N) is 1. The molecule has 1 amide bonds. The number of carbonyl (C=O) groups excluding carboxylic acids is 1. The van der Waals surface area contributed by atoms with Gasteiger partial charge >= 0.3 is 0 Å². The average Bonchev–Trinajstić information content (AvgIpc) is 2.55. The van der Waals surface area contributed by atoms with E-state index in [4.69, 9.17) is 17.3 Å². The maximum atomic E-state index is 13.4. The maximum absolute atomic E-state index is 13.4. The Morgan fingerprint density at radius 3 is 2.39 bits per heavy atom. The van der Waals surface area contributed by atoms with Gasteiger partial charge in [0.1, 0.15) is 5.82 Å². The van der Waals surface area contributed by atoms with Crippen LogP contribution in [0, 0.1) is 5.82 Å². The minimum absolute atomic E-state index is 0.106. The van der Waals surface area contributed by atoms with Gasteiger partial charge in [-0.25, -0.2) is 4.39 Å². The number of amides is 1. The van der Waals surface area contributed by atoms with Gasteiger partial charge < -0.3 is 11.1 Å². The van der Waals surface area contributed by atoms with Crippen LogP contribution in [0.5, 0.6) is 0 Å². The molecule has 0 fully saturated rings. The zero-order valence-electron chi connectivity index (χ0n) is 13.1. The summed E-state index contributed by atoms with van der Waals surface area (Å²) in [5.74, 6) is -0.605. The van der Waals surface area contributed by atoms with Crippen LogP contribution < -0.4 is 11.1 Å². The van der Waals surface area contributed by atoms with E-state index in [-0.39, 0.29) is 23.2 Å². The van der Waals surface area contributed by atoms with Crippen LogP contribution in [0.3, 0.4) is 0 Å². The standard InChI is InChI=1S/C18H20ClFN2O/c1-11(2)12-6-8-13(9-7-12)16(21)10-22-18(23)14-4-3-5-15(20)17(14)19/h3-9,11,16H,10,21H2,1-2H3,(H,22,23). The van der Waals surface area contributed by atoms with Crippen LogP contribution in [0.2, 0.25) is 5.02 Å². The second-order valence-electron chi connectivity index (χ2n) is 5.74. The molecular formula is C18H20ClFN2O. The summed E-state index contributed by atoms with van der Waals surface area (Å²) < 4.78 is 13.4. The molecule has 0 aromatic heterocycles. The Balaban J connectivity index is 1.99. The predicted octanol–water partition coefficient (Wildman–Crippen LogP) is 4.03. The first-order valence-electron chi connectivity index (χ1n) is 7.47. The van der Waals surface area contributed by atoms with Gasteiger partial charge in [-0.05, 0) is 29.2 Å². The Labute approximate surface area is 140 Å². The van der Waals surface area contributed by atoms with Crippen LogP contribution in [-0.4, -0.2) is 12.5 Å². The number of nitrogens with two attached hydrogens (primary N) is 1. The number of hydrogen-bond donors (Lipinski definition) is 2. The predicted molar refractivity (Wildman–Crippen MR) is 91.2 cm³/mol. The van der Waals surface area contributed by atoms with Crippen LogP contribution in [0.25, 0.3) is 0 Å². The fourth-order valence-corrected chi connectivity index (χ4v) is 2.43. The molecule has 2 aromatic carbocycles. The lowest BCUT2D eigenvalue weighted by Crippen LogP contribution is -2.32. The first-order chi connectivity index (χ1) is 10.9. The average molecular weight is 335 g/mol. The molecular weight excluding hydrogens is 315 g/mol. The van der Waals surface area contributed by atoms with Crippen molar-refractivity contribution >= 4 is 17.5 Å². The van der Waals surface area contributed by atoms with E-state index in [9.17, 15) is 9.18 Å². The molecule has 0 bridgehead atoms. The second kappa shape index (κ2) is 7.57. The molecule has 0 saturated carbocycles. The highest BCUT2D eigenvalue weighted by molar-refractivity contribution is 6.34. The summed E-state index contributed by atoms with van der Waals surface area (Å²) in [5.41, 5.74) is 8.36. The Morgan fingerprint density at radius 1 is 1.17 bits per heavy atom. The highest BCUT2D eigenvalue weighted by atomic mass is 35.5. The fraction of sp³-hybridized carbons (Fsp3) is 0.278. The molecule has 3 N–H and O–H groups in total. The van der Waals surface area contributed by atoms with Gasteiger partial charge in [0.15, 0.2) is 0 Å². The molecule has 0 radical (unpaired) electrons. The summed E-state index contributed by atoms with van der Waals surface area (Å²) in [7, 11) is 0. The third-order valence-corrected chi connectivity index (χ3v) is 4.09. The van der Waals surface area contributed by atoms with Crippen molar-refractivity contribution in [3.63, 3.8) is 0 Å². The van der Waals surface area contributed by atoms with E-state index in [0.717, 1.165) is 5.56 Å². The van der Waals surface area contributed by atoms with E-state index in [1.165, 1.54) is 23.8 Å². The summed E-state index contributed by atoms with van der Waals surface area (Å²) in [5, 5.41) is 2.51. The maximum Gasteiger partial charge on any atom is 0.252 e. The molecule has 1 unspecified atom stereocenters. The van der Waals surface area contributed by atoms with E-state index in [2.05, 4.69) is 19.2 Å². The van der Waals surface area contributed by atoms with E-state index >= 15 is 0 Å². The summed E-state index contributed by atoms with van der Waals surface area (Å²) in [6, 6.07) is 11.8. The van der Waals surface area contributed by atoms with Gasteiger partial charge in [-0.2, -0.15) is 0 Å². The Bertz CT molecular complexity index is 686. The van der Waals surface area contributed by atoms with Gasteiger partial charge in [-0.3, -0.25) is 4.79 Å². The van der Waals surface area contributed by atoms with Gasteiger partial charge in [0.2, 0.25) is 0 Å². The van der Waals surface area contributed by atoms with Crippen LogP contribution in [0.15, 0.2) is 42.5 Å². The highest BCUT2D eigenvalue weighted by Gasteiger charge is 2.15. The zero-order valence-corrected chi connectivity index (χ0v) is 13.9. The van der Waals surface area contributed by atoms with Crippen molar-refractivity contribution in [3.8, 4) is 0 Å². The minimum atomic E-state index is -0.618. The van der Waals surface area contributed by atoms with E-state index in [0.29, 0.717) is 5.92 Å². The molecule has 0 spiro atoms. The van der Waals surface area contributed by atoms with Crippen molar-refractivity contribution < 1.29 is 9.18 Å². The number of halogens is 2. The number of carbonyl (C=O) groups is 1. The van der Waals surface area contributed by atoms with Gasteiger partial charge in [0.05, 0.1) is 10.6 Å². The number of rotatable bonds is 5. The van der Waals surface area contributed by atoms with E-state index < -0.39 is 11.7 Å². The van der Waals surface area contributed by atoms with Crippen LogP contribution >= 0.6 is 11.6 Å². The van der Waals surface area contributed by atoms with Crippen molar-refractivity contribution in [1.29, 1.82) is 0 Å². The van der Waals surface area contributed by atoms with Crippen molar-refractivity contribution in [1.82, 2.24) is 5.32 Å². The molecule has 0 aliphatic heterocycles. The number of hydrogen-bond acceptors (Lipinski definition) is 2. The lowest BCUT2D eigenvalue weighted by Gasteiger charge is -2.15. The molecule has 0 aliphatic rings. The van der Waals surface area contributed by atoms with Gasteiger partial charge in [-0.1, -0.05) is 55.8 Å². The Morgan fingerprint density at radius 2 is 1.78 bits per heavy atom. The monoisotopic (exact) mass is 334 g/mol. The van der Waals surface area contributed by atoms with Crippen molar-refractivity contribution in [2.24, 2.45) is 5.73 Å². The minimum Gasteiger partial charge on any atom is -0.350 e. The van der Waals surface area contributed by atoms with Gasteiger partial charge in [0.25, 0.3) is 5.91 Å². The molecule has 5 heteroatoms. The summed E-state index contributed by atoms with van der Waals surface area (Å²) >= 11 is 5.80. The van der Waals surface area contributed by atoms with Crippen LogP contribution in [-0.2, 0) is 0 Å². The lowest BCUT2D eigenvalue weighted by molar-refractivity contribution is 0.0951. The first kappa shape index (κ1) is 17.4. The SMILES string of the molecule is CC(C)c1ccc(C(N)CNC(=O)c2cccc(F)c2Cl)cc1. The van der Waals surface area contributed by atoms with Gasteiger partial charge in [0, 0.05) is 12.6 Å². The van der Waals surface area contributed by atoms with Crippen molar-refractivity contribution in [2.45, 2.75) is 25.8 Å². The second-order valence-corrected chi connectivity index (χ2v) is 6.12. The third-order valence-electron chi connectivity index (χ3n) is 3.71. The lowest BCUT2D eigenvalue weighted by atomic mass is 9.99. The quantitative estimate of drug-likeness (QED) is 0.867. The van der Waals surface area contributed by atoms with Crippen molar-refractivity contribution in [3.05, 3.63) is 70.0 Å². The molecule has 2 rings (SSSR count). The molecule has 2 aromatic rings. The van der Waals surface area contributed by atoms with E-state index in [1.807, 2.05) is 24.3 Å². The Hall–Kier alpha value is -1.91. The molecule has 1 atom stereocenters. The fourth-order valence-electron chi connectivity index (χ4n) is 2.22. The zero-order chi connectivity index (χ0) is 17.0. The largest absolute Gasteiger partial charge is 0.350 e. The highest BCUT2D eigenvalue weighted by Crippen LogP contribution is 2.20. The summed E-state index contributed by atoms with van der Waals surface area (Å²) in [6.45, 7) is 4.49. The van der Waals surface area contributed by atoms with Crippen LogP contribution in [0.1, 0.15) is 47.3 Å². The summed E-state index contributed by atoms with van der Waals surface area (Å²) in [4.78, 5) is 12.1. The van der Waals surface area contributed by atoms with Gasteiger partial charge in [-0.15, -0.1) is 0 Å². The van der Waals surface area contributed by atoms with E-state index in [1.54, 1.807) is 0 Å². The van der Waals surface area contributed by atoms with Crippen LogP contribution in [0.4, 0.5) is 4.39 Å². The molecule has 0 saturated heterocycles. The Kier molecular flexibility index (Phi) is 5.74. The molecule has 0 aliphatic carbocycles. The molecule has 3 nitrogen and oxygen atoms in total. The topological polar surface area (TPSA) is 55.1 Å². The third kappa shape index (κ3) is 4.30. The molecule has 122 valence electrons. The summed E-state index contributed by atoms with van der Waals surface area (Å²) in [6.07, 6.45) is 0. The van der Waals surface area contributed by atoms with Crippen molar-refractivity contribution in [2.75, 3.05) is 6.54 Å². The smallest absolute Gasteiger partial charge is 0.252 e. The normalized spacial score (nSPS) is 12.3. The molecule has 0 heterocycles. The number of benzene rings is 2. The molecule has 23 heavy (non-hydrogen) atoms. The first-order valence-corrected chi connectivity index (χ1v) is 7.85.